The second-order valence-corrected chi connectivity index (χ2v) is 6.38. The fourth-order valence-corrected chi connectivity index (χ4v) is 3.16. The van der Waals surface area contributed by atoms with E-state index < -0.39 is 0 Å². The highest BCUT2D eigenvalue weighted by Crippen LogP contribution is 2.26. The number of hydrogen-bond donors (Lipinski definition) is 1. The Morgan fingerprint density at radius 1 is 1.41 bits per heavy atom. The van der Waals surface area contributed by atoms with Crippen molar-refractivity contribution in [1.82, 2.24) is 10.2 Å². The van der Waals surface area contributed by atoms with Crippen molar-refractivity contribution in [2.45, 2.75) is 17.7 Å². The summed E-state index contributed by atoms with van der Waals surface area (Å²) in [5.41, 5.74) is 0.951. The maximum atomic E-state index is 12.1. The topological polar surface area (TPSA) is 95.7 Å². The van der Waals surface area contributed by atoms with Gasteiger partial charge in [0.1, 0.15) is 0 Å². The molecule has 0 aliphatic rings. The molecule has 0 radical (unpaired) electrons. The van der Waals surface area contributed by atoms with Crippen molar-refractivity contribution < 1.29 is 9.59 Å². The second-order valence-electron chi connectivity index (χ2n) is 4.18. The first-order valence-electron chi connectivity index (χ1n) is 6.42. The van der Waals surface area contributed by atoms with Gasteiger partial charge in [0.15, 0.2) is 10.1 Å². The first-order chi connectivity index (χ1) is 10.6. The molecule has 1 amide bonds. The molecule has 8 heteroatoms. The summed E-state index contributed by atoms with van der Waals surface area (Å²) in [4.78, 5) is 23.3. The standard InChI is InChI=1S/C14H12N4O2S2/c1-2-12(20)16-13-17-18-14(22-13)21-8-11(19)10-5-3-4-9(6-10)7-15/h3-6H,2,8H2,1H3,(H,16,17,20). The Kier molecular flexibility index (Phi) is 5.63. The summed E-state index contributed by atoms with van der Waals surface area (Å²) in [6, 6.07) is 8.58. The summed E-state index contributed by atoms with van der Waals surface area (Å²) in [7, 11) is 0. The van der Waals surface area contributed by atoms with Crippen LogP contribution in [-0.2, 0) is 4.79 Å². The highest BCUT2D eigenvalue weighted by Gasteiger charge is 2.11. The number of aromatic nitrogens is 2. The molecular formula is C14H12N4O2S2. The number of amides is 1. The van der Waals surface area contributed by atoms with Crippen molar-refractivity contribution in [3.05, 3.63) is 35.4 Å². The number of ketones is 1. The van der Waals surface area contributed by atoms with Crippen LogP contribution < -0.4 is 5.32 Å². The number of Topliss-reactive ketones (excluding diaryl/α,β-unsaturated/α-hetero) is 1. The average molecular weight is 332 g/mol. The zero-order valence-electron chi connectivity index (χ0n) is 11.7. The van der Waals surface area contributed by atoms with Gasteiger partial charge >= 0.3 is 0 Å². The van der Waals surface area contributed by atoms with E-state index in [2.05, 4.69) is 15.5 Å². The Bertz CT molecular complexity index is 736. The van der Waals surface area contributed by atoms with Crippen molar-refractivity contribution in [3.8, 4) is 6.07 Å². The van der Waals surface area contributed by atoms with E-state index in [1.165, 1.54) is 23.1 Å². The summed E-state index contributed by atoms with van der Waals surface area (Å²) in [5, 5.41) is 19.6. The van der Waals surface area contributed by atoms with Crippen LogP contribution in [0.5, 0.6) is 0 Å². The van der Waals surface area contributed by atoms with Crippen LogP contribution in [-0.4, -0.2) is 27.6 Å². The minimum absolute atomic E-state index is 0.0866. The predicted molar refractivity (Wildman–Crippen MR) is 85.0 cm³/mol. The number of anilines is 1. The van der Waals surface area contributed by atoms with E-state index in [0.717, 1.165) is 0 Å². The maximum Gasteiger partial charge on any atom is 0.225 e. The minimum Gasteiger partial charge on any atom is -0.301 e. The number of carbonyl (C=O) groups is 2. The molecule has 0 aliphatic carbocycles. The van der Waals surface area contributed by atoms with Crippen molar-refractivity contribution in [2.75, 3.05) is 11.1 Å². The van der Waals surface area contributed by atoms with E-state index in [1.807, 2.05) is 6.07 Å². The van der Waals surface area contributed by atoms with E-state index in [9.17, 15) is 9.59 Å². The number of rotatable bonds is 6. The van der Waals surface area contributed by atoms with Crippen molar-refractivity contribution in [3.63, 3.8) is 0 Å². The SMILES string of the molecule is CCC(=O)Nc1nnc(SCC(=O)c2cccc(C#N)c2)s1. The molecule has 112 valence electrons. The first kappa shape index (κ1) is 16.1. The Balaban J connectivity index is 1.94. The van der Waals surface area contributed by atoms with Gasteiger partial charge in [-0.15, -0.1) is 10.2 Å². The molecule has 0 spiro atoms. The van der Waals surface area contributed by atoms with Gasteiger partial charge in [0, 0.05) is 12.0 Å². The lowest BCUT2D eigenvalue weighted by Gasteiger charge is -1.99. The lowest BCUT2D eigenvalue weighted by Crippen LogP contribution is -2.08. The minimum atomic E-state index is -0.128. The summed E-state index contributed by atoms with van der Waals surface area (Å²) in [6.07, 6.45) is 0.371. The van der Waals surface area contributed by atoms with Crippen LogP contribution in [0, 0.1) is 11.3 Å². The number of carbonyl (C=O) groups excluding carboxylic acids is 2. The normalized spacial score (nSPS) is 10.0. The molecule has 0 fully saturated rings. The van der Waals surface area contributed by atoms with Gasteiger partial charge < -0.3 is 5.32 Å². The third-order valence-electron chi connectivity index (χ3n) is 2.61. The molecule has 1 aromatic heterocycles. The highest BCUT2D eigenvalue weighted by molar-refractivity contribution is 8.01. The van der Waals surface area contributed by atoms with Gasteiger partial charge in [0.2, 0.25) is 11.0 Å². The Morgan fingerprint density at radius 3 is 2.95 bits per heavy atom. The van der Waals surface area contributed by atoms with Gasteiger partial charge in [-0.05, 0) is 12.1 Å². The van der Waals surface area contributed by atoms with Gasteiger partial charge in [-0.2, -0.15) is 5.26 Å². The number of nitriles is 1. The average Bonchev–Trinajstić information content (AvgIpc) is 2.99. The van der Waals surface area contributed by atoms with Crippen LogP contribution in [0.4, 0.5) is 5.13 Å². The van der Waals surface area contributed by atoms with Gasteiger partial charge in [-0.3, -0.25) is 9.59 Å². The molecule has 0 aliphatic heterocycles. The van der Waals surface area contributed by atoms with Crippen LogP contribution in [0.15, 0.2) is 28.6 Å². The smallest absolute Gasteiger partial charge is 0.225 e. The van der Waals surface area contributed by atoms with Crippen LogP contribution in [0.1, 0.15) is 29.3 Å². The van der Waals surface area contributed by atoms with Crippen molar-refractivity contribution >= 4 is 39.9 Å². The number of nitrogens with one attached hydrogen (secondary N) is 1. The monoisotopic (exact) mass is 332 g/mol. The molecular weight excluding hydrogens is 320 g/mol. The molecule has 2 rings (SSSR count). The highest BCUT2D eigenvalue weighted by atomic mass is 32.2. The summed E-state index contributed by atoms with van der Waals surface area (Å²) >= 11 is 2.48. The molecule has 1 heterocycles. The van der Waals surface area contributed by atoms with Gasteiger partial charge in [-0.25, -0.2) is 0 Å². The van der Waals surface area contributed by atoms with E-state index >= 15 is 0 Å². The largest absolute Gasteiger partial charge is 0.301 e. The third kappa shape index (κ3) is 4.38. The van der Waals surface area contributed by atoms with Gasteiger partial charge in [0.05, 0.1) is 17.4 Å². The lowest BCUT2D eigenvalue weighted by molar-refractivity contribution is -0.115. The lowest BCUT2D eigenvalue weighted by atomic mass is 10.1. The van der Waals surface area contributed by atoms with Gasteiger partial charge in [0.25, 0.3) is 0 Å². The number of thioether (sulfide) groups is 1. The predicted octanol–water partition coefficient (Wildman–Crippen LogP) is 2.73. The first-order valence-corrected chi connectivity index (χ1v) is 8.22. The number of benzene rings is 1. The van der Waals surface area contributed by atoms with Crippen LogP contribution in [0.3, 0.4) is 0 Å². The molecule has 1 aromatic carbocycles. The third-order valence-corrected chi connectivity index (χ3v) is 4.59. The number of nitrogens with zero attached hydrogens (tertiary/aromatic N) is 3. The van der Waals surface area contributed by atoms with Crippen LogP contribution in [0.25, 0.3) is 0 Å². The summed E-state index contributed by atoms with van der Waals surface area (Å²) in [6.45, 7) is 1.75. The Labute approximate surface area is 135 Å². The second kappa shape index (κ2) is 7.68. The molecule has 0 saturated carbocycles. The number of hydrogen-bond acceptors (Lipinski definition) is 7. The van der Waals surface area contributed by atoms with Crippen molar-refractivity contribution in [1.29, 1.82) is 5.26 Å². The molecule has 0 unspecified atom stereocenters. The fourth-order valence-electron chi connectivity index (χ4n) is 1.50. The van der Waals surface area contributed by atoms with E-state index in [0.29, 0.717) is 27.0 Å². The summed E-state index contributed by atoms with van der Waals surface area (Å²) < 4.78 is 0.608. The molecule has 0 atom stereocenters. The van der Waals surface area contributed by atoms with Gasteiger partial charge in [-0.1, -0.05) is 42.2 Å². The van der Waals surface area contributed by atoms with E-state index in [4.69, 9.17) is 5.26 Å². The van der Waals surface area contributed by atoms with E-state index in [-0.39, 0.29) is 17.4 Å². The molecule has 0 bridgehead atoms. The maximum absolute atomic E-state index is 12.1. The zero-order chi connectivity index (χ0) is 15.9. The molecule has 2 aromatic rings. The van der Waals surface area contributed by atoms with Crippen molar-refractivity contribution in [2.24, 2.45) is 0 Å². The quantitative estimate of drug-likeness (QED) is 0.496. The Hall–Kier alpha value is -2.24. The molecule has 1 N–H and O–H groups in total. The molecule has 22 heavy (non-hydrogen) atoms. The molecule has 6 nitrogen and oxygen atoms in total. The van der Waals surface area contributed by atoms with Crippen LogP contribution >= 0.6 is 23.1 Å². The fraction of sp³-hybridized carbons (Fsp3) is 0.214. The molecule has 0 saturated heterocycles. The summed E-state index contributed by atoms with van der Waals surface area (Å²) in [5.74, 6) is -0.0147. The van der Waals surface area contributed by atoms with Crippen LogP contribution in [0.2, 0.25) is 0 Å². The Morgan fingerprint density at radius 2 is 2.23 bits per heavy atom. The van der Waals surface area contributed by atoms with E-state index in [1.54, 1.807) is 31.2 Å². The zero-order valence-corrected chi connectivity index (χ0v) is 13.3.